The van der Waals surface area contributed by atoms with Gasteiger partial charge in [0.05, 0.1) is 36.2 Å². The Labute approximate surface area is 221 Å². The predicted octanol–water partition coefficient (Wildman–Crippen LogP) is 3.81. The van der Waals surface area contributed by atoms with Gasteiger partial charge in [-0.05, 0) is 64.2 Å². The SMILES string of the molecule is Cc1cc(F)ncc1-c1cc2c(NC(C)C)c(C(=O)NC3CCC(C(=O)N4CCOCC4)CC3)cnn2c1. The quantitative estimate of drug-likeness (QED) is 0.478. The van der Waals surface area contributed by atoms with Crippen LogP contribution in [-0.4, -0.2) is 69.7 Å². The molecule has 38 heavy (non-hydrogen) atoms. The van der Waals surface area contributed by atoms with Gasteiger partial charge in [0.25, 0.3) is 5.91 Å². The summed E-state index contributed by atoms with van der Waals surface area (Å²) in [6.45, 7) is 8.40. The van der Waals surface area contributed by atoms with E-state index < -0.39 is 5.95 Å². The third-order valence-corrected chi connectivity index (χ3v) is 7.44. The van der Waals surface area contributed by atoms with Crippen molar-refractivity contribution in [3.8, 4) is 11.1 Å². The maximum absolute atomic E-state index is 13.5. The van der Waals surface area contributed by atoms with E-state index in [1.807, 2.05) is 37.9 Å². The Hall–Kier alpha value is -3.53. The molecule has 0 aromatic carbocycles. The number of aromatic nitrogens is 3. The van der Waals surface area contributed by atoms with Crippen LogP contribution in [0.4, 0.5) is 10.1 Å². The minimum atomic E-state index is -0.520. The summed E-state index contributed by atoms with van der Waals surface area (Å²) < 4.78 is 20.6. The molecule has 1 saturated carbocycles. The second-order valence-corrected chi connectivity index (χ2v) is 10.6. The van der Waals surface area contributed by atoms with Crippen molar-refractivity contribution in [2.75, 3.05) is 31.6 Å². The van der Waals surface area contributed by atoms with Gasteiger partial charge in [0.15, 0.2) is 0 Å². The number of hydrogen-bond acceptors (Lipinski definition) is 6. The highest BCUT2D eigenvalue weighted by Gasteiger charge is 2.31. The van der Waals surface area contributed by atoms with Gasteiger partial charge in [0.1, 0.15) is 0 Å². The first-order valence-corrected chi connectivity index (χ1v) is 13.4. The summed E-state index contributed by atoms with van der Waals surface area (Å²) in [7, 11) is 0. The molecule has 3 aromatic rings. The number of ether oxygens (including phenoxy) is 1. The van der Waals surface area contributed by atoms with Crippen molar-refractivity contribution in [1.82, 2.24) is 24.8 Å². The standard InChI is InChI=1S/C28H35FN6O3/c1-17(2)32-26-23(15-31-35-16-20(13-24(26)35)22-14-30-25(29)12-18(22)3)27(36)33-21-6-4-19(5-7-21)28(37)34-8-10-38-11-9-34/h12-17,19,21,32H,4-11H2,1-3H3,(H,33,36). The molecule has 2 N–H and O–H groups in total. The first-order valence-electron chi connectivity index (χ1n) is 13.4. The van der Waals surface area contributed by atoms with Crippen molar-refractivity contribution < 1.29 is 18.7 Å². The number of rotatable bonds is 6. The van der Waals surface area contributed by atoms with Crippen LogP contribution in [0.1, 0.15) is 55.5 Å². The Balaban J connectivity index is 1.32. The lowest BCUT2D eigenvalue weighted by atomic mass is 9.85. The molecule has 0 bridgehead atoms. The van der Waals surface area contributed by atoms with E-state index >= 15 is 0 Å². The van der Waals surface area contributed by atoms with Gasteiger partial charge in [-0.15, -0.1) is 0 Å². The van der Waals surface area contributed by atoms with Gasteiger partial charge in [-0.3, -0.25) is 9.59 Å². The topological polar surface area (TPSA) is 101 Å². The number of carbonyl (C=O) groups is 2. The fraction of sp³-hybridized carbons (Fsp3) is 0.500. The van der Waals surface area contributed by atoms with E-state index in [1.54, 1.807) is 10.7 Å². The number of aryl methyl sites for hydroxylation is 1. The predicted molar refractivity (Wildman–Crippen MR) is 142 cm³/mol. The number of fused-ring (bicyclic) bond motifs is 1. The van der Waals surface area contributed by atoms with E-state index in [9.17, 15) is 14.0 Å². The van der Waals surface area contributed by atoms with Crippen LogP contribution in [0.25, 0.3) is 16.6 Å². The fourth-order valence-corrected chi connectivity index (χ4v) is 5.43. The average Bonchev–Trinajstić information content (AvgIpc) is 3.33. The number of halogens is 1. The molecule has 202 valence electrons. The second-order valence-electron chi connectivity index (χ2n) is 10.6. The van der Waals surface area contributed by atoms with E-state index in [-0.39, 0.29) is 29.8 Å². The van der Waals surface area contributed by atoms with Crippen molar-refractivity contribution in [3.63, 3.8) is 0 Å². The number of nitrogens with zero attached hydrogens (tertiary/aromatic N) is 4. The first-order chi connectivity index (χ1) is 18.3. The minimum Gasteiger partial charge on any atom is -0.380 e. The average molecular weight is 523 g/mol. The van der Waals surface area contributed by atoms with Crippen LogP contribution in [0, 0.1) is 18.8 Å². The molecule has 2 amide bonds. The van der Waals surface area contributed by atoms with Crippen molar-refractivity contribution in [2.24, 2.45) is 5.92 Å². The maximum atomic E-state index is 13.5. The van der Waals surface area contributed by atoms with Gasteiger partial charge in [-0.2, -0.15) is 9.49 Å². The summed E-state index contributed by atoms with van der Waals surface area (Å²) >= 11 is 0. The Bertz CT molecular complexity index is 1330. The summed E-state index contributed by atoms with van der Waals surface area (Å²) in [6.07, 6.45) is 8.02. The minimum absolute atomic E-state index is 0.00894. The molecule has 4 heterocycles. The number of hydrogen-bond donors (Lipinski definition) is 2. The molecule has 0 spiro atoms. The summed E-state index contributed by atoms with van der Waals surface area (Å²) in [4.78, 5) is 32.0. The van der Waals surface area contributed by atoms with E-state index in [1.165, 1.54) is 12.3 Å². The van der Waals surface area contributed by atoms with E-state index in [2.05, 4.69) is 20.7 Å². The molecule has 5 rings (SSSR count). The highest BCUT2D eigenvalue weighted by Crippen LogP contribution is 2.31. The molecular weight excluding hydrogens is 487 g/mol. The molecular formula is C28H35FN6O3. The Morgan fingerprint density at radius 3 is 2.53 bits per heavy atom. The molecule has 2 aliphatic rings. The molecule has 0 radical (unpaired) electrons. The van der Waals surface area contributed by atoms with Crippen LogP contribution >= 0.6 is 0 Å². The number of pyridine rings is 1. The van der Waals surface area contributed by atoms with E-state index in [0.717, 1.165) is 47.9 Å². The molecule has 3 aromatic heterocycles. The Morgan fingerprint density at radius 1 is 1.11 bits per heavy atom. The zero-order valence-corrected chi connectivity index (χ0v) is 22.2. The van der Waals surface area contributed by atoms with E-state index in [0.29, 0.717) is 37.6 Å². The van der Waals surface area contributed by atoms with Gasteiger partial charge in [0.2, 0.25) is 11.9 Å². The Kier molecular flexibility index (Phi) is 7.60. The normalized spacial score (nSPS) is 20.1. The van der Waals surface area contributed by atoms with Crippen LogP contribution < -0.4 is 10.6 Å². The monoisotopic (exact) mass is 522 g/mol. The molecule has 0 atom stereocenters. The van der Waals surface area contributed by atoms with E-state index in [4.69, 9.17) is 4.74 Å². The van der Waals surface area contributed by atoms with Gasteiger partial charge in [0, 0.05) is 54.6 Å². The molecule has 2 fully saturated rings. The number of nitrogens with one attached hydrogen (secondary N) is 2. The Morgan fingerprint density at radius 2 is 1.84 bits per heavy atom. The number of carbonyl (C=O) groups excluding carboxylic acids is 2. The zero-order chi connectivity index (χ0) is 26.8. The zero-order valence-electron chi connectivity index (χ0n) is 22.2. The number of amides is 2. The summed E-state index contributed by atoms with van der Waals surface area (Å²) in [6, 6.07) is 3.44. The van der Waals surface area contributed by atoms with Crippen LogP contribution in [0.3, 0.4) is 0 Å². The van der Waals surface area contributed by atoms with Gasteiger partial charge >= 0.3 is 0 Å². The lowest BCUT2D eigenvalue weighted by molar-refractivity contribution is -0.140. The van der Waals surface area contributed by atoms with Gasteiger partial charge in [-0.25, -0.2) is 9.50 Å². The second kappa shape index (κ2) is 11.1. The maximum Gasteiger partial charge on any atom is 0.255 e. The van der Waals surface area contributed by atoms with Crippen molar-refractivity contribution in [3.05, 3.63) is 47.8 Å². The summed E-state index contributed by atoms with van der Waals surface area (Å²) in [5.41, 5.74) is 4.34. The van der Waals surface area contributed by atoms with Crippen LogP contribution in [0.5, 0.6) is 0 Å². The fourth-order valence-electron chi connectivity index (χ4n) is 5.43. The summed E-state index contributed by atoms with van der Waals surface area (Å²) in [5, 5.41) is 11.1. The van der Waals surface area contributed by atoms with Crippen LogP contribution in [-0.2, 0) is 9.53 Å². The van der Waals surface area contributed by atoms with Crippen molar-refractivity contribution in [2.45, 2.75) is 58.5 Å². The molecule has 1 saturated heterocycles. The number of morpholine rings is 1. The van der Waals surface area contributed by atoms with Crippen LogP contribution in [0.15, 0.2) is 30.7 Å². The number of anilines is 1. The molecule has 9 nitrogen and oxygen atoms in total. The summed E-state index contributed by atoms with van der Waals surface area (Å²) in [5.74, 6) is -0.477. The molecule has 10 heteroatoms. The lowest BCUT2D eigenvalue weighted by Crippen LogP contribution is -2.46. The lowest BCUT2D eigenvalue weighted by Gasteiger charge is -2.34. The third-order valence-electron chi connectivity index (χ3n) is 7.44. The smallest absolute Gasteiger partial charge is 0.255 e. The molecule has 1 aliphatic heterocycles. The largest absolute Gasteiger partial charge is 0.380 e. The van der Waals surface area contributed by atoms with Crippen molar-refractivity contribution in [1.29, 1.82) is 0 Å². The van der Waals surface area contributed by atoms with Crippen molar-refractivity contribution >= 4 is 23.0 Å². The molecule has 1 aliphatic carbocycles. The van der Waals surface area contributed by atoms with Gasteiger partial charge in [-0.1, -0.05) is 0 Å². The third kappa shape index (κ3) is 5.50. The van der Waals surface area contributed by atoms with Gasteiger partial charge < -0.3 is 20.3 Å². The molecule has 0 unspecified atom stereocenters. The van der Waals surface area contributed by atoms with Crippen LogP contribution in [0.2, 0.25) is 0 Å². The highest BCUT2D eigenvalue weighted by molar-refractivity contribution is 6.03. The first kappa shape index (κ1) is 26.1. The highest BCUT2D eigenvalue weighted by atomic mass is 19.1.